The van der Waals surface area contributed by atoms with Crippen molar-refractivity contribution in [2.75, 3.05) is 18.4 Å². The molecule has 0 radical (unpaired) electrons. The third-order valence-corrected chi connectivity index (χ3v) is 5.98. The number of carbonyl (C=O) groups excluding carboxylic acids is 2. The van der Waals surface area contributed by atoms with Gasteiger partial charge in [0.1, 0.15) is 0 Å². The molecule has 2 amide bonds. The van der Waals surface area contributed by atoms with Crippen molar-refractivity contribution in [1.29, 1.82) is 0 Å². The number of amides is 2. The molecule has 0 aliphatic carbocycles. The number of hydrogen-bond acceptors (Lipinski definition) is 3. The first-order chi connectivity index (χ1) is 12.6. The summed E-state index contributed by atoms with van der Waals surface area (Å²) < 4.78 is 0. The Labute approximate surface area is 157 Å². The number of hydrogen-bond donors (Lipinski definition) is 1. The quantitative estimate of drug-likeness (QED) is 0.875. The monoisotopic (exact) mass is 364 g/mol. The van der Waals surface area contributed by atoms with E-state index in [1.54, 1.807) is 6.07 Å². The van der Waals surface area contributed by atoms with Crippen LogP contribution in [0.3, 0.4) is 0 Å². The molecule has 1 unspecified atom stereocenters. The predicted molar refractivity (Wildman–Crippen MR) is 105 cm³/mol. The number of carbonyl (C=O) groups is 2. The molecule has 2 aromatic rings. The molecule has 0 bridgehead atoms. The summed E-state index contributed by atoms with van der Waals surface area (Å²) in [5.41, 5.74) is 3.87. The lowest BCUT2D eigenvalue weighted by molar-refractivity contribution is -0.115. The molecule has 0 spiro atoms. The van der Waals surface area contributed by atoms with Crippen LogP contribution in [0.4, 0.5) is 5.69 Å². The molecule has 26 heavy (non-hydrogen) atoms. The van der Waals surface area contributed by atoms with E-state index in [1.165, 1.54) is 22.9 Å². The molecule has 132 valence electrons. The molecule has 2 aromatic carbocycles. The normalized spacial score (nSPS) is 19.4. The van der Waals surface area contributed by atoms with Gasteiger partial charge >= 0.3 is 0 Å². The van der Waals surface area contributed by atoms with E-state index in [2.05, 4.69) is 23.5 Å². The molecule has 0 saturated carbocycles. The number of benzene rings is 2. The Bertz CT molecular complexity index is 892. The van der Waals surface area contributed by atoms with E-state index < -0.39 is 0 Å². The minimum absolute atomic E-state index is 0.00836. The maximum Gasteiger partial charge on any atom is 0.254 e. The van der Waals surface area contributed by atoms with Crippen molar-refractivity contribution in [3.63, 3.8) is 0 Å². The fraction of sp³-hybridized carbons (Fsp3) is 0.238. The van der Waals surface area contributed by atoms with Crippen molar-refractivity contribution in [1.82, 2.24) is 4.90 Å². The largest absolute Gasteiger partial charge is 0.335 e. The first-order valence-corrected chi connectivity index (χ1v) is 9.65. The lowest BCUT2D eigenvalue weighted by atomic mass is 9.99. The Kier molecular flexibility index (Phi) is 4.55. The number of nitrogens with zero attached hydrogens (tertiary/aromatic N) is 1. The second-order valence-electron chi connectivity index (χ2n) is 6.56. The van der Waals surface area contributed by atoms with Crippen molar-refractivity contribution < 1.29 is 9.59 Å². The van der Waals surface area contributed by atoms with Crippen molar-refractivity contribution in [3.8, 4) is 0 Å². The highest BCUT2D eigenvalue weighted by molar-refractivity contribution is 8.00. The molecule has 0 fully saturated rings. The lowest BCUT2D eigenvalue weighted by Gasteiger charge is -2.27. The summed E-state index contributed by atoms with van der Waals surface area (Å²) in [6.45, 7) is 3.19. The minimum Gasteiger partial charge on any atom is -0.335 e. The number of nitrogens with one attached hydrogen (secondary N) is 1. The average Bonchev–Trinajstić information content (AvgIpc) is 2.69. The number of fused-ring (bicyclic) bond motifs is 1. The van der Waals surface area contributed by atoms with Crippen molar-refractivity contribution in [3.05, 3.63) is 65.7 Å². The molecule has 2 heterocycles. The van der Waals surface area contributed by atoms with Crippen LogP contribution in [0.5, 0.6) is 0 Å². The standard InChI is InChI=1S/C21H20N2O2S/c1-14-20(24)22-18-13-17(7-8-19(18)26-14)21(25)23-11-9-16(10-12-23)15-5-3-2-4-6-15/h2-9,13-14H,10-12H2,1H3,(H,22,24). The second kappa shape index (κ2) is 7.00. The van der Waals surface area contributed by atoms with Crippen LogP contribution in [0.1, 0.15) is 29.3 Å². The Morgan fingerprint density at radius 2 is 2.00 bits per heavy atom. The van der Waals surface area contributed by atoms with Gasteiger partial charge in [-0.3, -0.25) is 9.59 Å². The highest BCUT2D eigenvalue weighted by Crippen LogP contribution is 2.36. The summed E-state index contributed by atoms with van der Waals surface area (Å²) in [5, 5.41) is 2.79. The molecule has 4 rings (SSSR count). The van der Waals surface area contributed by atoms with Crippen LogP contribution >= 0.6 is 11.8 Å². The van der Waals surface area contributed by atoms with Gasteiger partial charge in [-0.1, -0.05) is 36.4 Å². The maximum atomic E-state index is 12.9. The Hall–Kier alpha value is -2.53. The number of anilines is 1. The topological polar surface area (TPSA) is 49.4 Å². The molecule has 5 heteroatoms. The zero-order chi connectivity index (χ0) is 18.1. The van der Waals surface area contributed by atoms with Crippen LogP contribution in [0.25, 0.3) is 5.57 Å². The van der Waals surface area contributed by atoms with E-state index in [9.17, 15) is 9.59 Å². The van der Waals surface area contributed by atoms with E-state index in [1.807, 2.05) is 42.2 Å². The van der Waals surface area contributed by atoms with E-state index >= 15 is 0 Å². The van der Waals surface area contributed by atoms with Crippen LogP contribution in [0, 0.1) is 0 Å². The highest BCUT2D eigenvalue weighted by atomic mass is 32.2. The highest BCUT2D eigenvalue weighted by Gasteiger charge is 2.25. The van der Waals surface area contributed by atoms with Crippen LogP contribution in [0.2, 0.25) is 0 Å². The van der Waals surface area contributed by atoms with Crippen LogP contribution in [0.15, 0.2) is 59.5 Å². The van der Waals surface area contributed by atoms with Gasteiger partial charge < -0.3 is 10.2 Å². The summed E-state index contributed by atoms with van der Waals surface area (Å²) >= 11 is 1.53. The molecule has 0 saturated heterocycles. The molecule has 1 atom stereocenters. The van der Waals surface area contributed by atoms with Gasteiger partial charge in [-0.05, 0) is 42.7 Å². The summed E-state index contributed by atoms with van der Waals surface area (Å²) in [7, 11) is 0. The van der Waals surface area contributed by atoms with Gasteiger partial charge in [0.05, 0.1) is 10.9 Å². The SMILES string of the molecule is CC1Sc2ccc(C(=O)N3CC=C(c4ccccc4)CC3)cc2NC1=O. The number of thioether (sulfide) groups is 1. The predicted octanol–water partition coefficient (Wildman–Crippen LogP) is 4.05. The van der Waals surface area contributed by atoms with E-state index in [4.69, 9.17) is 0 Å². The molecule has 4 nitrogen and oxygen atoms in total. The first kappa shape index (κ1) is 16.9. The van der Waals surface area contributed by atoms with Gasteiger partial charge in [-0.25, -0.2) is 0 Å². The van der Waals surface area contributed by atoms with Gasteiger partial charge in [0.25, 0.3) is 5.91 Å². The molecule has 0 aromatic heterocycles. The first-order valence-electron chi connectivity index (χ1n) is 8.77. The van der Waals surface area contributed by atoms with Gasteiger partial charge in [0.2, 0.25) is 5.91 Å². The molecule has 2 aliphatic heterocycles. The zero-order valence-corrected chi connectivity index (χ0v) is 15.4. The van der Waals surface area contributed by atoms with E-state index in [-0.39, 0.29) is 17.1 Å². The Morgan fingerprint density at radius 3 is 2.73 bits per heavy atom. The van der Waals surface area contributed by atoms with Gasteiger partial charge in [-0.15, -0.1) is 11.8 Å². The minimum atomic E-state index is -0.104. The third kappa shape index (κ3) is 3.27. The summed E-state index contributed by atoms with van der Waals surface area (Å²) in [4.78, 5) is 27.6. The lowest BCUT2D eigenvalue weighted by Crippen LogP contribution is -2.35. The van der Waals surface area contributed by atoms with Gasteiger partial charge in [-0.2, -0.15) is 0 Å². The maximum absolute atomic E-state index is 12.9. The Balaban J connectivity index is 1.50. The van der Waals surface area contributed by atoms with Crippen LogP contribution in [-0.2, 0) is 4.79 Å². The fourth-order valence-electron chi connectivity index (χ4n) is 3.29. The second-order valence-corrected chi connectivity index (χ2v) is 7.94. The van der Waals surface area contributed by atoms with Gasteiger partial charge in [0.15, 0.2) is 0 Å². The molecule has 1 N–H and O–H groups in total. The average molecular weight is 364 g/mol. The zero-order valence-electron chi connectivity index (χ0n) is 14.6. The van der Waals surface area contributed by atoms with E-state index in [0.29, 0.717) is 18.7 Å². The smallest absolute Gasteiger partial charge is 0.254 e. The number of rotatable bonds is 2. The van der Waals surface area contributed by atoms with Crippen molar-refractivity contribution >= 4 is 34.8 Å². The van der Waals surface area contributed by atoms with Crippen LogP contribution < -0.4 is 5.32 Å². The van der Waals surface area contributed by atoms with Crippen LogP contribution in [-0.4, -0.2) is 35.1 Å². The Morgan fingerprint density at radius 1 is 1.19 bits per heavy atom. The summed E-state index contributed by atoms with van der Waals surface area (Å²) in [6.07, 6.45) is 2.99. The third-order valence-electron chi connectivity index (χ3n) is 4.80. The summed E-state index contributed by atoms with van der Waals surface area (Å²) in [5.74, 6) is -0.00506. The van der Waals surface area contributed by atoms with Gasteiger partial charge in [0, 0.05) is 23.5 Å². The molecule has 2 aliphatic rings. The fourth-order valence-corrected chi connectivity index (χ4v) is 4.22. The van der Waals surface area contributed by atoms with E-state index in [0.717, 1.165) is 17.0 Å². The van der Waals surface area contributed by atoms with Crippen molar-refractivity contribution in [2.24, 2.45) is 0 Å². The summed E-state index contributed by atoms with van der Waals surface area (Å²) in [6, 6.07) is 15.9. The molecular weight excluding hydrogens is 344 g/mol. The molecular formula is C21H20N2O2S. The van der Waals surface area contributed by atoms with Crippen molar-refractivity contribution in [2.45, 2.75) is 23.5 Å².